The van der Waals surface area contributed by atoms with Gasteiger partial charge in [-0.2, -0.15) is 0 Å². The van der Waals surface area contributed by atoms with Gasteiger partial charge in [-0.1, -0.05) is 0 Å². The van der Waals surface area contributed by atoms with Crippen LogP contribution in [0.1, 0.15) is 25.6 Å². The largest absolute Gasteiger partial charge is 0.384 e. The highest BCUT2D eigenvalue weighted by Crippen LogP contribution is 2.20. The molecule has 118 valence electrons. The van der Waals surface area contributed by atoms with E-state index >= 15 is 0 Å². The standard InChI is InChI=1S/C15H27N5O/c1-4-21-11-14-17-13(16)9-15(18-14)20(3)10-12-5-7-19(2)8-6-12/h9,12H,4-8,10-11H2,1-3H3,(H2,16,17,18). The quantitative estimate of drug-likeness (QED) is 0.854. The van der Waals surface area contributed by atoms with Crippen LogP contribution in [0.25, 0.3) is 0 Å². The van der Waals surface area contributed by atoms with Crippen LogP contribution in [0.2, 0.25) is 0 Å². The van der Waals surface area contributed by atoms with Gasteiger partial charge in [-0.15, -0.1) is 0 Å². The molecule has 1 saturated heterocycles. The lowest BCUT2D eigenvalue weighted by Crippen LogP contribution is -2.36. The number of hydrogen-bond acceptors (Lipinski definition) is 6. The van der Waals surface area contributed by atoms with Crippen molar-refractivity contribution in [1.29, 1.82) is 0 Å². The normalized spacial score (nSPS) is 17.1. The molecular formula is C15H27N5O. The fourth-order valence-corrected chi connectivity index (χ4v) is 2.68. The van der Waals surface area contributed by atoms with E-state index in [0.29, 0.717) is 24.9 Å². The van der Waals surface area contributed by atoms with E-state index in [1.54, 1.807) is 0 Å². The fraction of sp³-hybridized carbons (Fsp3) is 0.733. The molecule has 0 radical (unpaired) electrons. The van der Waals surface area contributed by atoms with Crippen molar-refractivity contribution in [1.82, 2.24) is 14.9 Å². The molecule has 1 aliphatic rings. The molecule has 0 aromatic carbocycles. The van der Waals surface area contributed by atoms with E-state index in [-0.39, 0.29) is 0 Å². The molecule has 0 unspecified atom stereocenters. The van der Waals surface area contributed by atoms with Crippen molar-refractivity contribution in [3.05, 3.63) is 11.9 Å². The van der Waals surface area contributed by atoms with Crippen LogP contribution >= 0.6 is 0 Å². The molecule has 0 aliphatic carbocycles. The first-order chi connectivity index (χ1) is 10.1. The van der Waals surface area contributed by atoms with Gasteiger partial charge in [0.05, 0.1) is 0 Å². The Kier molecular flexibility index (Phi) is 5.76. The van der Waals surface area contributed by atoms with Crippen LogP contribution in [0.5, 0.6) is 0 Å². The van der Waals surface area contributed by atoms with E-state index in [1.165, 1.54) is 25.9 Å². The Morgan fingerprint density at radius 3 is 2.76 bits per heavy atom. The van der Waals surface area contributed by atoms with Gasteiger partial charge in [0, 0.05) is 26.3 Å². The average Bonchev–Trinajstić information content (AvgIpc) is 2.47. The summed E-state index contributed by atoms with van der Waals surface area (Å²) in [7, 11) is 4.26. The van der Waals surface area contributed by atoms with Gasteiger partial charge in [0.25, 0.3) is 0 Å². The Labute approximate surface area is 127 Å². The number of hydrogen-bond donors (Lipinski definition) is 1. The topological polar surface area (TPSA) is 67.5 Å². The monoisotopic (exact) mass is 293 g/mol. The Morgan fingerprint density at radius 1 is 1.38 bits per heavy atom. The van der Waals surface area contributed by atoms with Gasteiger partial charge in [-0.3, -0.25) is 0 Å². The molecule has 6 nitrogen and oxygen atoms in total. The number of ether oxygens (including phenoxy) is 1. The minimum Gasteiger partial charge on any atom is -0.384 e. The zero-order valence-corrected chi connectivity index (χ0v) is 13.4. The van der Waals surface area contributed by atoms with Crippen LogP contribution in [-0.4, -0.2) is 55.2 Å². The first kappa shape index (κ1) is 16.0. The number of aromatic nitrogens is 2. The summed E-state index contributed by atoms with van der Waals surface area (Å²) < 4.78 is 5.37. The lowest BCUT2D eigenvalue weighted by molar-refractivity contribution is 0.128. The third-order valence-corrected chi connectivity index (χ3v) is 3.98. The zero-order chi connectivity index (χ0) is 15.2. The molecule has 1 aliphatic heterocycles. The molecule has 1 aromatic heterocycles. The van der Waals surface area contributed by atoms with Crippen LogP contribution in [0.3, 0.4) is 0 Å². The molecule has 1 aromatic rings. The molecule has 2 N–H and O–H groups in total. The number of nitrogen functional groups attached to an aromatic ring is 1. The molecule has 0 saturated carbocycles. The third kappa shape index (κ3) is 4.82. The van der Waals surface area contributed by atoms with Gasteiger partial charge < -0.3 is 20.3 Å². The van der Waals surface area contributed by atoms with E-state index in [4.69, 9.17) is 10.5 Å². The first-order valence-corrected chi connectivity index (χ1v) is 7.69. The maximum Gasteiger partial charge on any atom is 0.158 e. The molecule has 2 heterocycles. The predicted molar refractivity (Wildman–Crippen MR) is 85.3 cm³/mol. The Balaban J connectivity index is 1.97. The van der Waals surface area contributed by atoms with Crippen molar-refractivity contribution in [2.24, 2.45) is 5.92 Å². The van der Waals surface area contributed by atoms with Crippen LogP contribution < -0.4 is 10.6 Å². The highest BCUT2D eigenvalue weighted by Gasteiger charge is 2.19. The van der Waals surface area contributed by atoms with Crippen LogP contribution in [0, 0.1) is 5.92 Å². The molecule has 1 fully saturated rings. The molecule has 2 rings (SSSR count). The van der Waals surface area contributed by atoms with Crippen molar-refractivity contribution in [2.45, 2.75) is 26.4 Å². The van der Waals surface area contributed by atoms with Crippen molar-refractivity contribution >= 4 is 11.6 Å². The lowest BCUT2D eigenvalue weighted by Gasteiger charge is -2.32. The van der Waals surface area contributed by atoms with E-state index in [9.17, 15) is 0 Å². The van der Waals surface area contributed by atoms with Gasteiger partial charge in [0.2, 0.25) is 0 Å². The number of rotatable bonds is 6. The maximum atomic E-state index is 5.88. The first-order valence-electron chi connectivity index (χ1n) is 7.69. The maximum absolute atomic E-state index is 5.88. The zero-order valence-electron chi connectivity index (χ0n) is 13.4. The van der Waals surface area contributed by atoms with E-state index in [2.05, 4.69) is 33.9 Å². The molecule has 6 heteroatoms. The lowest BCUT2D eigenvalue weighted by atomic mass is 9.97. The average molecular weight is 293 g/mol. The summed E-state index contributed by atoms with van der Waals surface area (Å²) >= 11 is 0. The third-order valence-electron chi connectivity index (χ3n) is 3.98. The number of anilines is 2. The van der Waals surface area contributed by atoms with Gasteiger partial charge >= 0.3 is 0 Å². The van der Waals surface area contributed by atoms with Gasteiger partial charge in [0.15, 0.2) is 5.82 Å². The molecule has 0 amide bonds. The summed E-state index contributed by atoms with van der Waals surface area (Å²) in [6.45, 7) is 6.40. The molecule has 21 heavy (non-hydrogen) atoms. The van der Waals surface area contributed by atoms with Crippen molar-refractivity contribution in [2.75, 3.05) is 51.0 Å². The molecule has 0 spiro atoms. The minimum absolute atomic E-state index is 0.413. The van der Waals surface area contributed by atoms with E-state index < -0.39 is 0 Å². The van der Waals surface area contributed by atoms with Crippen LogP contribution in [0.4, 0.5) is 11.6 Å². The second kappa shape index (κ2) is 7.56. The Hall–Kier alpha value is -1.40. The highest BCUT2D eigenvalue weighted by molar-refractivity contribution is 5.46. The number of nitrogens with two attached hydrogens (primary N) is 1. The van der Waals surface area contributed by atoms with Crippen molar-refractivity contribution < 1.29 is 4.74 Å². The van der Waals surface area contributed by atoms with Gasteiger partial charge in [-0.05, 0) is 45.8 Å². The van der Waals surface area contributed by atoms with Crippen molar-refractivity contribution in [3.63, 3.8) is 0 Å². The van der Waals surface area contributed by atoms with Crippen LogP contribution in [0.15, 0.2) is 6.07 Å². The summed E-state index contributed by atoms with van der Waals surface area (Å²) in [5.41, 5.74) is 5.88. The summed E-state index contributed by atoms with van der Waals surface area (Å²) in [6, 6.07) is 1.84. The summed E-state index contributed by atoms with van der Waals surface area (Å²) in [5.74, 6) is 2.76. The molecular weight excluding hydrogens is 266 g/mol. The molecule has 0 bridgehead atoms. The SMILES string of the molecule is CCOCc1nc(N)cc(N(C)CC2CCN(C)CC2)n1. The van der Waals surface area contributed by atoms with Gasteiger partial charge in [-0.25, -0.2) is 9.97 Å². The predicted octanol–water partition coefficient (Wildman–Crippen LogP) is 1.37. The highest BCUT2D eigenvalue weighted by atomic mass is 16.5. The van der Waals surface area contributed by atoms with Crippen LogP contribution in [-0.2, 0) is 11.3 Å². The Bertz CT molecular complexity index is 446. The van der Waals surface area contributed by atoms with E-state index in [1.807, 2.05) is 13.0 Å². The van der Waals surface area contributed by atoms with Crippen molar-refractivity contribution in [3.8, 4) is 0 Å². The summed E-state index contributed by atoms with van der Waals surface area (Å²) in [6.07, 6.45) is 2.49. The number of likely N-dealkylation sites (tertiary alicyclic amines) is 1. The minimum atomic E-state index is 0.413. The summed E-state index contributed by atoms with van der Waals surface area (Å²) in [5, 5.41) is 0. The smallest absolute Gasteiger partial charge is 0.158 e. The summed E-state index contributed by atoms with van der Waals surface area (Å²) in [4.78, 5) is 13.3. The second-order valence-corrected chi connectivity index (χ2v) is 5.83. The van der Waals surface area contributed by atoms with E-state index in [0.717, 1.165) is 18.3 Å². The van der Waals surface area contributed by atoms with Gasteiger partial charge in [0.1, 0.15) is 18.2 Å². The number of nitrogens with zero attached hydrogens (tertiary/aromatic N) is 4. The second-order valence-electron chi connectivity index (χ2n) is 5.83. The fourth-order valence-electron chi connectivity index (χ4n) is 2.68. The Morgan fingerprint density at radius 2 is 2.10 bits per heavy atom. The number of piperidine rings is 1. The molecule has 0 atom stereocenters.